The molecule has 0 aliphatic heterocycles. The third kappa shape index (κ3) is 5.32. The van der Waals surface area contributed by atoms with Crippen LogP contribution < -0.4 is 5.32 Å². The highest BCUT2D eigenvalue weighted by Crippen LogP contribution is 2.22. The van der Waals surface area contributed by atoms with Gasteiger partial charge in [0.1, 0.15) is 17.1 Å². The van der Waals surface area contributed by atoms with Crippen LogP contribution in [-0.2, 0) is 6.54 Å². The molecule has 30 heavy (non-hydrogen) atoms. The number of benzene rings is 2. The van der Waals surface area contributed by atoms with Gasteiger partial charge in [-0.25, -0.2) is 13.5 Å². The van der Waals surface area contributed by atoms with Crippen molar-refractivity contribution in [1.82, 2.24) is 15.1 Å². The van der Waals surface area contributed by atoms with Gasteiger partial charge in [0, 0.05) is 35.5 Å². The zero-order valence-electron chi connectivity index (χ0n) is 17.5. The van der Waals surface area contributed by atoms with Gasteiger partial charge in [0.05, 0.1) is 6.20 Å². The number of hydrogen-bond donors (Lipinski definition) is 2. The van der Waals surface area contributed by atoms with Crippen molar-refractivity contribution in [2.24, 2.45) is 0 Å². The molecule has 1 heterocycles. The van der Waals surface area contributed by atoms with E-state index in [9.17, 15) is 13.9 Å². The zero-order chi connectivity index (χ0) is 21.9. The van der Waals surface area contributed by atoms with Crippen LogP contribution in [-0.4, -0.2) is 20.5 Å². The molecule has 0 bridgehead atoms. The van der Waals surface area contributed by atoms with Crippen LogP contribution in [0.5, 0.6) is 0 Å². The van der Waals surface area contributed by atoms with E-state index in [1.807, 2.05) is 38.1 Å². The molecule has 0 spiro atoms. The molecular weight excluding hydrogens is 384 g/mol. The first-order chi connectivity index (χ1) is 14.1. The molecule has 0 aliphatic carbocycles. The Morgan fingerprint density at radius 1 is 1.17 bits per heavy atom. The fourth-order valence-electron chi connectivity index (χ4n) is 3.06. The highest BCUT2D eigenvalue weighted by atomic mass is 19.1. The number of nitrogens with zero attached hydrogens (tertiary/aromatic N) is 2. The predicted octanol–water partition coefficient (Wildman–Crippen LogP) is 4.43. The Morgan fingerprint density at radius 2 is 1.87 bits per heavy atom. The van der Waals surface area contributed by atoms with Crippen LogP contribution in [0.3, 0.4) is 0 Å². The Kier molecular flexibility index (Phi) is 6.35. The van der Waals surface area contributed by atoms with Crippen molar-refractivity contribution in [3.8, 4) is 17.5 Å². The fraction of sp³-hybridized carbons (Fsp3) is 0.292. The summed E-state index contributed by atoms with van der Waals surface area (Å²) < 4.78 is 28.8. The number of aromatic nitrogens is 2. The zero-order valence-corrected chi connectivity index (χ0v) is 17.5. The van der Waals surface area contributed by atoms with Gasteiger partial charge in [0.2, 0.25) is 0 Å². The molecule has 1 atom stereocenters. The summed E-state index contributed by atoms with van der Waals surface area (Å²) in [4.78, 5) is 0. The molecule has 1 unspecified atom stereocenters. The first kappa shape index (κ1) is 21.7. The van der Waals surface area contributed by atoms with E-state index < -0.39 is 17.2 Å². The quantitative estimate of drug-likeness (QED) is 0.613. The maximum absolute atomic E-state index is 14.1. The SMILES string of the molecule is Cc1c(C(C)NCc2ccc(C#CC(C)(C)O)cc2)cnn1-c1ccc(F)cc1F. The summed E-state index contributed by atoms with van der Waals surface area (Å²) >= 11 is 0. The predicted molar refractivity (Wildman–Crippen MR) is 113 cm³/mol. The fourth-order valence-corrected chi connectivity index (χ4v) is 3.06. The lowest BCUT2D eigenvalue weighted by molar-refractivity contribution is 0.143. The first-order valence-corrected chi connectivity index (χ1v) is 9.72. The molecule has 3 rings (SSSR count). The number of aliphatic hydroxyl groups is 1. The maximum Gasteiger partial charge on any atom is 0.151 e. The van der Waals surface area contributed by atoms with Crippen LogP contribution in [0.15, 0.2) is 48.7 Å². The summed E-state index contributed by atoms with van der Waals surface area (Å²) in [7, 11) is 0. The highest BCUT2D eigenvalue weighted by Gasteiger charge is 2.16. The molecule has 0 saturated heterocycles. The molecule has 0 saturated carbocycles. The summed E-state index contributed by atoms with van der Waals surface area (Å²) in [5.41, 5.74) is 2.85. The molecule has 4 nitrogen and oxygen atoms in total. The lowest BCUT2D eigenvalue weighted by Gasteiger charge is -2.14. The third-order valence-electron chi connectivity index (χ3n) is 4.73. The van der Waals surface area contributed by atoms with Gasteiger partial charge in [-0.3, -0.25) is 0 Å². The van der Waals surface area contributed by atoms with Crippen LogP contribution in [0.25, 0.3) is 5.69 Å². The van der Waals surface area contributed by atoms with Crippen LogP contribution in [0.2, 0.25) is 0 Å². The molecule has 0 radical (unpaired) electrons. The number of hydrogen-bond acceptors (Lipinski definition) is 3. The minimum atomic E-state index is -1.02. The Labute approximate surface area is 175 Å². The molecule has 3 aromatic rings. The van der Waals surface area contributed by atoms with Crippen molar-refractivity contribution in [2.45, 2.75) is 45.9 Å². The molecule has 2 aromatic carbocycles. The third-order valence-corrected chi connectivity index (χ3v) is 4.73. The molecule has 6 heteroatoms. The standard InChI is InChI=1S/C24H25F2N3O/c1-16(27-14-19-7-5-18(6-8-19)11-12-24(3,4)30)21-15-28-29(17(21)2)23-10-9-20(25)13-22(23)26/h5-10,13,15-16,27,30H,14H2,1-4H3. The van der Waals surface area contributed by atoms with E-state index in [1.54, 1.807) is 20.0 Å². The van der Waals surface area contributed by atoms with Gasteiger partial charge in [-0.15, -0.1) is 0 Å². The minimum absolute atomic E-state index is 0.0167. The van der Waals surface area contributed by atoms with Gasteiger partial charge in [0.15, 0.2) is 5.82 Å². The summed E-state index contributed by atoms with van der Waals surface area (Å²) in [6, 6.07) is 11.2. The van der Waals surface area contributed by atoms with E-state index in [0.717, 1.165) is 28.5 Å². The molecule has 0 aliphatic rings. The van der Waals surface area contributed by atoms with Crippen molar-refractivity contribution in [3.05, 3.63) is 82.7 Å². The molecular formula is C24H25F2N3O. The molecule has 2 N–H and O–H groups in total. The first-order valence-electron chi connectivity index (χ1n) is 9.72. The van der Waals surface area contributed by atoms with Gasteiger partial charge in [-0.05, 0) is 57.5 Å². The molecule has 0 amide bonds. The van der Waals surface area contributed by atoms with E-state index in [2.05, 4.69) is 22.3 Å². The Hall–Kier alpha value is -3.01. The van der Waals surface area contributed by atoms with Crippen LogP contribution in [0, 0.1) is 30.4 Å². The molecule has 156 valence electrons. The van der Waals surface area contributed by atoms with E-state index in [0.29, 0.717) is 6.54 Å². The largest absolute Gasteiger partial charge is 0.378 e. The average Bonchev–Trinajstić information content (AvgIpc) is 3.06. The van der Waals surface area contributed by atoms with Gasteiger partial charge in [-0.2, -0.15) is 5.10 Å². The second-order valence-electron chi connectivity index (χ2n) is 7.80. The van der Waals surface area contributed by atoms with E-state index in [-0.39, 0.29) is 11.7 Å². The highest BCUT2D eigenvalue weighted by molar-refractivity contribution is 5.38. The van der Waals surface area contributed by atoms with Crippen molar-refractivity contribution >= 4 is 0 Å². The lowest BCUT2D eigenvalue weighted by Crippen LogP contribution is -2.18. The summed E-state index contributed by atoms with van der Waals surface area (Å²) in [5, 5.41) is 17.4. The summed E-state index contributed by atoms with van der Waals surface area (Å²) in [5.74, 6) is 4.47. The summed E-state index contributed by atoms with van der Waals surface area (Å²) in [6.07, 6.45) is 1.70. The molecule has 0 fully saturated rings. The number of rotatable bonds is 5. The van der Waals surface area contributed by atoms with Crippen molar-refractivity contribution in [1.29, 1.82) is 0 Å². The Balaban J connectivity index is 1.67. The lowest BCUT2D eigenvalue weighted by atomic mass is 10.1. The topological polar surface area (TPSA) is 50.1 Å². The Bertz CT molecular complexity index is 1090. The van der Waals surface area contributed by atoms with Crippen LogP contribution >= 0.6 is 0 Å². The number of nitrogens with one attached hydrogen (secondary N) is 1. The number of halogens is 2. The maximum atomic E-state index is 14.1. The minimum Gasteiger partial charge on any atom is -0.378 e. The van der Waals surface area contributed by atoms with Crippen molar-refractivity contribution in [3.63, 3.8) is 0 Å². The normalized spacial score (nSPS) is 12.4. The van der Waals surface area contributed by atoms with E-state index in [4.69, 9.17) is 0 Å². The smallest absolute Gasteiger partial charge is 0.151 e. The second-order valence-corrected chi connectivity index (χ2v) is 7.80. The van der Waals surface area contributed by atoms with Gasteiger partial charge in [-0.1, -0.05) is 24.0 Å². The molecule has 1 aromatic heterocycles. The second kappa shape index (κ2) is 8.78. The average molecular weight is 409 g/mol. The monoisotopic (exact) mass is 409 g/mol. The van der Waals surface area contributed by atoms with Crippen molar-refractivity contribution in [2.75, 3.05) is 0 Å². The van der Waals surface area contributed by atoms with E-state index in [1.165, 1.54) is 16.8 Å². The Morgan fingerprint density at radius 3 is 2.50 bits per heavy atom. The van der Waals surface area contributed by atoms with E-state index >= 15 is 0 Å². The van der Waals surface area contributed by atoms with Gasteiger partial charge in [0.25, 0.3) is 0 Å². The van der Waals surface area contributed by atoms with Gasteiger partial charge >= 0.3 is 0 Å². The van der Waals surface area contributed by atoms with Crippen LogP contribution in [0.1, 0.15) is 49.2 Å². The van der Waals surface area contributed by atoms with Crippen LogP contribution in [0.4, 0.5) is 8.78 Å². The van der Waals surface area contributed by atoms with Crippen molar-refractivity contribution < 1.29 is 13.9 Å². The summed E-state index contributed by atoms with van der Waals surface area (Å²) in [6.45, 7) is 7.80. The van der Waals surface area contributed by atoms with Gasteiger partial charge < -0.3 is 10.4 Å².